The van der Waals surface area contributed by atoms with E-state index < -0.39 is 35.7 Å². The number of nitrogens with one attached hydrogen (secondary N) is 1. The van der Waals surface area contributed by atoms with Crippen LogP contribution < -0.4 is 5.43 Å². The molecule has 1 rings (SSSR count). The summed E-state index contributed by atoms with van der Waals surface area (Å²) in [7, 11) is 0. The Morgan fingerprint density at radius 3 is 2.12 bits per heavy atom. The van der Waals surface area contributed by atoms with Gasteiger partial charge in [0.25, 0.3) is 5.91 Å². The molecule has 9 heteroatoms. The minimum atomic E-state index is -1.00. The molecule has 1 aliphatic heterocycles. The van der Waals surface area contributed by atoms with Crippen molar-refractivity contribution < 1.29 is 33.4 Å². The lowest BCUT2D eigenvalue weighted by Crippen LogP contribution is -2.62. The van der Waals surface area contributed by atoms with E-state index in [0.717, 1.165) is 5.01 Å². The van der Waals surface area contributed by atoms with E-state index in [2.05, 4.69) is 5.43 Å². The fourth-order valence-corrected chi connectivity index (χ4v) is 2.73. The third kappa shape index (κ3) is 6.33. The highest BCUT2D eigenvalue weighted by molar-refractivity contribution is 5.95. The van der Waals surface area contributed by atoms with E-state index in [4.69, 9.17) is 14.2 Å². The van der Waals surface area contributed by atoms with Crippen LogP contribution in [-0.4, -0.2) is 60.7 Å². The van der Waals surface area contributed by atoms with Crippen molar-refractivity contribution in [3.63, 3.8) is 0 Å². The van der Waals surface area contributed by atoms with Crippen molar-refractivity contribution in [3.05, 3.63) is 0 Å². The molecule has 0 aromatic carbocycles. The van der Waals surface area contributed by atoms with E-state index in [0.29, 0.717) is 26.1 Å². The molecule has 0 bridgehead atoms. The molecule has 25 heavy (non-hydrogen) atoms. The lowest BCUT2D eigenvalue weighted by Gasteiger charge is -2.45. The normalized spacial score (nSPS) is 15.8. The van der Waals surface area contributed by atoms with Crippen LogP contribution >= 0.6 is 0 Å². The maximum atomic E-state index is 12.6. The van der Waals surface area contributed by atoms with Crippen LogP contribution in [0.15, 0.2) is 0 Å². The zero-order valence-corrected chi connectivity index (χ0v) is 15.0. The van der Waals surface area contributed by atoms with Crippen molar-refractivity contribution in [2.24, 2.45) is 0 Å². The first-order valence-electron chi connectivity index (χ1n) is 8.34. The molecule has 2 amide bonds. The van der Waals surface area contributed by atoms with Crippen LogP contribution in [0.25, 0.3) is 0 Å². The van der Waals surface area contributed by atoms with Gasteiger partial charge in [-0.25, -0.2) is 5.01 Å². The van der Waals surface area contributed by atoms with Crippen molar-refractivity contribution in [3.8, 4) is 0 Å². The van der Waals surface area contributed by atoms with E-state index in [1.165, 1.54) is 6.92 Å². The van der Waals surface area contributed by atoms with Crippen LogP contribution in [0.4, 0.5) is 0 Å². The van der Waals surface area contributed by atoms with Crippen molar-refractivity contribution in [1.82, 2.24) is 10.4 Å². The predicted octanol–water partition coefficient (Wildman–Crippen LogP) is 0.322. The van der Waals surface area contributed by atoms with Crippen molar-refractivity contribution in [1.29, 1.82) is 0 Å². The standard InChI is InChI=1S/C16H26N2O7/c1-4-24-14(21)10-13(20)18(17-12(3)19)16(6-8-23-9-7-16)11-15(22)25-5-2/h4-11H2,1-3H3,(H,17,19). The second-order valence-corrected chi connectivity index (χ2v) is 5.70. The monoisotopic (exact) mass is 358 g/mol. The topological polar surface area (TPSA) is 111 Å². The van der Waals surface area contributed by atoms with Gasteiger partial charge in [0.2, 0.25) is 5.91 Å². The van der Waals surface area contributed by atoms with Gasteiger partial charge in [0.05, 0.1) is 25.2 Å². The minimum absolute atomic E-state index is 0.0982. The number of carbonyl (C=O) groups is 4. The second-order valence-electron chi connectivity index (χ2n) is 5.70. The van der Waals surface area contributed by atoms with Gasteiger partial charge in [0.15, 0.2) is 0 Å². The Morgan fingerprint density at radius 1 is 1.04 bits per heavy atom. The summed E-state index contributed by atoms with van der Waals surface area (Å²) in [5.41, 5.74) is 1.46. The Bertz CT molecular complexity index is 501. The average Bonchev–Trinajstić information content (AvgIpc) is 2.53. The fraction of sp³-hybridized carbons (Fsp3) is 0.750. The number of hydrogen-bond donors (Lipinski definition) is 1. The predicted molar refractivity (Wildman–Crippen MR) is 85.9 cm³/mol. The minimum Gasteiger partial charge on any atom is -0.466 e. The lowest BCUT2D eigenvalue weighted by molar-refractivity contribution is -0.165. The summed E-state index contributed by atoms with van der Waals surface area (Å²) in [6, 6.07) is 0. The molecular weight excluding hydrogens is 332 g/mol. The van der Waals surface area contributed by atoms with E-state index in [-0.39, 0.29) is 19.6 Å². The fourth-order valence-electron chi connectivity index (χ4n) is 2.73. The molecular formula is C16H26N2O7. The Balaban J connectivity index is 3.06. The van der Waals surface area contributed by atoms with Gasteiger partial charge in [0.1, 0.15) is 6.42 Å². The van der Waals surface area contributed by atoms with Crippen LogP contribution in [0.2, 0.25) is 0 Å². The molecule has 1 heterocycles. The number of ether oxygens (including phenoxy) is 3. The van der Waals surface area contributed by atoms with E-state index in [1.54, 1.807) is 13.8 Å². The molecule has 142 valence electrons. The molecule has 0 aromatic rings. The molecule has 0 saturated carbocycles. The summed E-state index contributed by atoms with van der Waals surface area (Å²) in [6.07, 6.45) is 0.0416. The van der Waals surface area contributed by atoms with Gasteiger partial charge in [-0.2, -0.15) is 0 Å². The van der Waals surface area contributed by atoms with Gasteiger partial charge in [0, 0.05) is 20.1 Å². The molecule has 9 nitrogen and oxygen atoms in total. The quantitative estimate of drug-likeness (QED) is 0.396. The zero-order valence-electron chi connectivity index (χ0n) is 15.0. The molecule has 1 N–H and O–H groups in total. The second kappa shape index (κ2) is 9.97. The Kier molecular flexibility index (Phi) is 8.33. The lowest BCUT2D eigenvalue weighted by atomic mass is 9.85. The SMILES string of the molecule is CCOC(=O)CC(=O)N(NC(C)=O)C1(CC(=O)OCC)CCOCC1. The first-order valence-corrected chi connectivity index (χ1v) is 8.34. The van der Waals surface area contributed by atoms with Crippen molar-refractivity contribution >= 4 is 23.8 Å². The molecule has 1 aliphatic rings. The van der Waals surface area contributed by atoms with Gasteiger partial charge >= 0.3 is 11.9 Å². The number of esters is 2. The van der Waals surface area contributed by atoms with Crippen molar-refractivity contribution in [2.45, 2.75) is 52.0 Å². The number of hydrogen-bond acceptors (Lipinski definition) is 7. The van der Waals surface area contributed by atoms with Crippen LogP contribution in [0, 0.1) is 0 Å². The molecule has 1 fully saturated rings. The summed E-state index contributed by atoms with van der Waals surface area (Å²) in [5.74, 6) is -2.29. The highest BCUT2D eigenvalue weighted by Crippen LogP contribution is 2.31. The van der Waals surface area contributed by atoms with Crippen LogP contribution in [0.1, 0.15) is 46.5 Å². The maximum absolute atomic E-state index is 12.6. The summed E-state index contributed by atoms with van der Waals surface area (Å²) < 4.78 is 15.1. The van der Waals surface area contributed by atoms with E-state index >= 15 is 0 Å². The van der Waals surface area contributed by atoms with Gasteiger partial charge in [-0.3, -0.25) is 24.6 Å². The van der Waals surface area contributed by atoms with Crippen molar-refractivity contribution in [2.75, 3.05) is 26.4 Å². The summed E-state index contributed by atoms with van der Waals surface area (Å²) in [4.78, 5) is 47.9. The van der Waals surface area contributed by atoms with Gasteiger partial charge in [-0.05, 0) is 26.7 Å². The average molecular weight is 358 g/mol. The highest BCUT2D eigenvalue weighted by Gasteiger charge is 2.44. The van der Waals surface area contributed by atoms with Gasteiger partial charge < -0.3 is 14.2 Å². The van der Waals surface area contributed by atoms with E-state index in [1.807, 2.05) is 0 Å². The van der Waals surface area contributed by atoms with Crippen LogP contribution in [0.5, 0.6) is 0 Å². The molecule has 0 radical (unpaired) electrons. The largest absolute Gasteiger partial charge is 0.466 e. The number of amides is 2. The third-order valence-electron chi connectivity index (χ3n) is 3.80. The Morgan fingerprint density at radius 2 is 1.60 bits per heavy atom. The molecule has 1 saturated heterocycles. The maximum Gasteiger partial charge on any atom is 0.315 e. The number of rotatable bonds is 7. The summed E-state index contributed by atoms with van der Waals surface area (Å²) >= 11 is 0. The van der Waals surface area contributed by atoms with Crippen LogP contribution in [0.3, 0.4) is 0 Å². The first-order chi connectivity index (χ1) is 11.8. The molecule has 0 aliphatic carbocycles. The third-order valence-corrected chi connectivity index (χ3v) is 3.80. The molecule has 0 spiro atoms. The Hall–Kier alpha value is -2.16. The number of carbonyl (C=O) groups excluding carboxylic acids is 4. The molecule has 0 atom stereocenters. The summed E-state index contributed by atoms with van der Waals surface area (Å²) in [6.45, 7) is 5.57. The highest BCUT2D eigenvalue weighted by atomic mass is 16.5. The van der Waals surface area contributed by atoms with Gasteiger partial charge in [-0.1, -0.05) is 0 Å². The summed E-state index contributed by atoms with van der Waals surface area (Å²) in [5, 5.41) is 1.09. The van der Waals surface area contributed by atoms with Gasteiger partial charge in [-0.15, -0.1) is 0 Å². The zero-order chi connectivity index (χ0) is 18.9. The van der Waals surface area contributed by atoms with Crippen LogP contribution in [-0.2, 0) is 33.4 Å². The number of nitrogens with zero attached hydrogens (tertiary/aromatic N) is 1. The smallest absolute Gasteiger partial charge is 0.315 e. The Labute approximate surface area is 146 Å². The number of hydrazine groups is 1. The molecule has 0 unspecified atom stereocenters. The first kappa shape index (κ1) is 20.9. The molecule has 0 aromatic heterocycles. The van der Waals surface area contributed by atoms with E-state index in [9.17, 15) is 19.2 Å².